The molecule has 0 aliphatic heterocycles. The van der Waals surface area contributed by atoms with Crippen LogP contribution in [0, 0.1) is 6.92 Å². The molecule has 15 heavy (non-hydrogen) atoms. The van der Waals surface area contributed by atoms with Gasteiger partial charge in [0.1, 0.15) is 6.26 Å². The van der Waals surface area contributed by atoms with Gasteiger partial charge in [0.05, 0.1) is 11.8 Å². The maximum absolute atomic E-state index is 10.9. The maximum atomic E-state index is 10.9. The van der Waals surface area contributed by atoms with E-state index in [4.69, 9.17) is 9.52 Å². The molecule has 5 nitrogen and oxygen atoms in total. The lowest BCUT2D eigenvalue weighted by Gasteiger charge is -2.01. The van der Waals surface area contributed by atoms with Gasteiger partial charge in [-0.15, -0.1) is 0 Å². The van der Waals surface area contributed by atoms with Crippen molar-refractivity contribution in [1.82, 2.24) is 9.97 Å². The number of pyridine rings is 1. The van der Waals surface area contributed by atoms with Crippen LogP contribution in [0.5, 0.6) is 0 Å². The minimum atomic E-state index is -1.09. The highest BCUT2D eigenvalue weighted by Crippen LogP contribution is 2.21. The normalized spacial score (nSPS) is 10.2. The molecule has 0 unspecified atom stereocenters. The van der Waals surface area contributed by atoms with Gasteiger partial charge in [0.2, 0.25) is 5.89 Å². The third-order valence-electron chi connectivity index (χ3n) is 1.89. The number of hydrogen-bond acceptors (Lipinski definition) is 4. The molecule has 76 valence electrons. The summed E-state index contributed by atoms with van der Waals surface area (Å²) in [5.41, 5.74) is 1.20. The number of rotatable bonds is 2. The van der Waals surface area contributed by atoms with E-state index in [9.17, 15) is 4.79 Å². The molecule has 0 aliphatic carbocycles. The van der Waals surface area contributed by atoms with Crippen LogP contribution in [0.1, 0.15) is 16.1 Å². The van der Waals surface area contributed by atoms with E-state index in [0.717, 1.165) is 5.56 Å². The second-order valence-electron chi connectivity index (χ2n) is 3.05. The van der Waals surface area contributed by atoms with Crippen molar-refractivity contribution >= 4 is 5.97 Å². The van der Waals surface area contributed by atoms with Crippen molar-refractivity contribution in [2.75, 3.05) is 0 Å². The SMILES string of the molecule is Cc1cnc(C(=O)O)c(-c2ncco2)c1. The molecule has 0 saturated carbocycles. The predicted molar refractivity (Wildman–Crippen MR) is 51.4 cm³/mol. The predicted octanol–water partition coefficient (Wildman–Crippen LogP) is 1.74. The number of carboxylic acid groups (broad SMARTS) is 1. The van der Waals surface area contributed by atoms with E-state index >= 15 is 0 Å². The number of aryl methyl sites for hydroxylation is 1. The number of carboxylic acids is 1. The second-order valence-corrected chi connectivity index (χ2v) is 3.05. The molecule has 5 heteroatoms. The van der Waals surface area contributed by atoms with Gasteiger partial charge >= 0.3 is 5.97 Å². The number of carbonyl (C=O) groups is 1. The van der Waals surface area contributed by atoms with Gasteiger partial charge in [-0.3, -0.25) is 0 Å². The summed E-state index contributed by atoms with van der Waals surface area (Å²) in [4.78, 5) is 18.6. The highest BCUT2D eigenvalue weighted by molar-refractivity contribution is 5.92. The quantitative estimate of drug-likeness (QED) is 0.806. The van der Waals surface area contributed by atoms with Crippen LogP contribution in [-0.4, -0.2) is 21.0 Å². The van der Waals surface area contributed by atoms with Crippen LogP contribution < -0.4 is 0 Å². The molecular formula is C10H8N2O3. The van der Waals surface area contributed by atoms with E-state index < -0.39 is 5.97 Å². The zero-order chi connectivity index (χ0) is 10.8. The Bertz CT molecular complexity index is 491. The Kier molecular flexibility index (Phi) is 2.21. The lowest BCUT2D eigenvalue weighted by Crippen LogP contribution is -2.03. The molecule has 2 rings (SSSR count). The van der Waals surface area contributed by atoms with E-state index in [0.29, 0.717) is 5.56 Å². The van der Waals surface area contributed by atoms with Crippen molar-refractivity contribution in [3.63, 3.8) is 0 Å². The molecule has 0 amide bonds. The minimum absolute atomic E-state index is 0.0527. The molecule has 0 radical (unpaired) electrons. The first-order valence-electron chi connectivity index (χ1n) is 4.28. The summed E-state index contributed by atoms with van der Waals surface area (Å²) in [6, 6.07) is 1.68. The number of oxazole rings is 1. The molecular weight excluding hydrogens is 196 g/mol. The van der Waals surface area contributed by atoms with Gasteiger partial charge < -0.3 is 9.52 Å². The highest BCUT2D eigenvalue weighted by atomic mass is 16.4. The molecule has 2 aromatic rings. The summed E-state index contributed by atoms with van der Waals surface area (Å²) >= 11 is 0. The van der Waals surface area contributed by atoms with E-state index in [1.54, 1.807) is 6.07 Å². The number of aromatic nitrogens is 2. The average Bonchev–Trinajstić information content (AvgIpc) is 2.69. The van der Waals surface area contributed by atoms with E-state index in [2.05, 4.69) is 9.97 Å². The van der Waals surface area contributed by atoms with Crippen LogP contribution in [0.15, 0.2) is 29.1 Å². The van der Waals surface area contributed by atoms with Gasteiger partial charge in [-0.1, -0.05) is 0 Å². The molecule has 0 spiro atoms. The Hall–Kier alpha value is -2.17. The molecule has 0 saturated heterocycles. The van der Waals surface area contributed by atoms with Gasteiger partial charge in [0.25, 0.3) is 0 Å². The maximum Gasteiger partial charge on any atom is 0.355 e. The van der Waals surface area contributed by atoms with Crippen LogP contribution in [0.25, 0.3) is 11.5 Å². The fourth-order valence-corrected chi connectivity index (χ4v) is 1.26. The second kappa shape index (κ2) is 3.53. The van der Waals surface area contributed by atoms with Crippen LogP contribution in [0.2, 0.25) is 0 Å². The average molecular weight is 204 g/mol. The molecule has 0 bridgehead atoms. The summed E-state index contributed by atoms with van der Waals surface area (Å²) in [6.07, 6.45) is 4.35. The summed E-state index contributed by atoms with van der Waals surface area (Å²) in [5.74, 6) is -0.827. The summed E-state index contributed by atoms with van der Waals surface area (Å²) in [5, 5.41) is 8.92. The van der Waals surface area contributed by atoms with Crippen molar-refractivity contribution in [1.29, 1.82) is 0 Å². The van der Waals surface area contributed by atoms with Gasteiger partial charge in [0.15, 0.2) is 5.69 Å². The molecule has 0 aromatic carbocycles. The Balaban J connectivity index is 2.63. The first-order valence-corrected chi connectivity index (χ1v) is 4.28. The third-order valence-corrected chi connectivity index (χ3v) is 1.89. The zero-order valence-corrected chi connectivity index (χ0v) is 7.97. The summed E-state index contributed by atoms with van der Waals surface area (Å²) in [6.45, 7) is 1.82. The van der Waals surface area contributed by atoms with E-state index in [1.807, 2.05) is 6.92 Å². The smallest absolute Gasteiger partial charge is 0.355 e. The van der Waals surface area contributed by atoms with Crippen LogP contribution in [0.4, 0.5) is 0 Å². The molecule has 2 heterocycles. The van der Waals surface area contributed by atoms with Crippen LogP contribution in [0.3, 0.4) is 0 Å². The van der Waals surface area contributed by atoms with Gasteiger partial charge in [-0.25, -0.2) is 14.8 Å². The Labute approximate surface area is 85.4 Å². The van der Waals surface area contributed by atoms with E-state index in [-0.39, 0.29) is 11.6 Å². The minimum Gasteiger partial charge on any atom is -0.476 e. The number of aromatic carboxylic acids is 1. The van der Waals surface area contributed by atoms with Crippen molar-refractivity contribution < 1.29 is 14.3 Å². The lowest BCUT2D eigenvalue weighted by molar-refractivity contribution is 0.0691. The first kappa shape index (κ1) is 9.39. The number of nitrogens with zero attached hydrogens (tertiary/aromatic N) is 2. The van der Waals surface area contributed by atoms with Crippen molar-refractivity contribution in [2.45, 2.75) is 6.92 Å². The molecule has 0 atom stereocenters. The standard InChI is InChI=1S/C10H8N2O3/c1-6-4-7(9-11-2-3-15-9)8(10(13)14)12-5-6/h2-5H,1H3,(H,13,14). The van der Waals surface area contributed by atoms with Gasteiger partial charge in [0, 0.05) is 6.20 Å². The number of hydrogen-bond donors (Lipinski definition) is 1. The van der Waals surface area contributed by atoms with Gasteiger partial charge in [-0.05, 0) is 18.6 Å². The van der Waals surface area contributed by atoms with Crippen LogP contribution in [-0.2, 0) is 0 Å². The zero-order valence-electron chi connectivity index (χ0n) is 7.97. The van der Waals surface area contributed by atoms with Crippen molar-refractivity contribution in [3.05, 3.63) is 36.0 Å². The topological polar surface area (TPSA) is 76.2 Å². The summed E-state index contributed by atoms with van der Waals surface area (Å²) < 4.78 is 5.05. The largest absolute Gasteiger partial charge is 0.476 e. The summed E-state index contributed by atoms with van der Waals surface area (Å²) in [7, 11) is 0. The lowest BCUT2D eigenvalue weighted by atomic mass is 10.1. The molecule has 2 aromatic heterocycles. The third kappa shape index (κ3) is 1.71. The molecule has 0 aliphatic rings. The van der Waals surface area contributed by atoms with E-state index in [1.165, 1.54) is 18.7 Å². The van der Waals surface area contributed by atoms with Crippen LogP contribution >= 0.6 is 0 Å². The monoisotopic (exact) mass is 204 g/mol. The highest BCUT2D eigenvalue weighted by Gasteiger charge is 2.16. The van der Waals surface area contributed by atoms with Crippen molar-refractivity contribution in [3.8, 4) is 11.5 Å². The van der Waals surface area contributed by atoms with Gasteiger partial charge in [-0.2, -0.15) is 0 Å². The Morgan fingerprint density at radius 3 is 2.87 bits per heavy atom. The first-order chi connectivity index (χ1) is 7.18. The Morgan fingerprint density at radius 1 is 1.47 bits per heavy atom. The molecule has 0 fully saturated rings. The fourth-order valence-electron chi connectivity index (χ4n) is 1.26. The fraction of sp³-hybridized carbons (Fsp3) is 0.100. The Morgan fingerprint density at radius 2 is 2.27 bits per heavy atom. The molecule has 1 N–H and O–H groups in total. The van der Waals surface area contributed by atoms with Crippen molar-refractivity contribution in [2.24, 2.45) is 0 Å².